The summed E-state index contributed by atoms with van der Waals surface area (Å²) in [6.45, 7) is 1.81. The molecule has 1 aromatic carbocycles. The van der Waals surface area contributed by atoms with Gasteiger partial charge in [-0.25, -0.2) is 5.10 Å². The molecule has 0 amide bonds. The molecule has 13 heavy (non-hydrogen) atoms. The van der Waals surface area contributed by atoms with Gasteiger partial charge in [0.05, 0.1) is 16.1 Å². The van der Waals surface area contributed by atoms with Crippen molar-refractivity contribution in [2.45, 2.75) is 6.92 Å². The van der Waals surface area contributed by atoms with Gasteiger partial charge in [-0.15, -0.1) is 0 Å². The molecule has 0 unspecified atom stereocenters. The Morgan fingerprint density at radius 2 is 2.23 bits per heavy atom. The fourth-order valence-corrected chi connectivity index (χ4v) is 1.64. The van der Waals surface area contributed by atoms with Crippen LogP contribution in [0.2, 0.25) is 5.02 Å². The van der Waals surface area contributed by atoms with Crippen molar-refractivity contribution in [3.8, 4) is 0 Å². The van der Waals surface area contributed by atoms with E-state index in [2.05, 4.69) is 10.2 Å². The summed E-state index contributed by atoms with van der Waals surface area (Å²) in [6.07, 6.45) is 0. The monoisotopic (exact) mass is 194 g/mol. The number of aryl methyl sites for hydroxylation is 1. The van der Waals surface area contributed by atoms with Gasteiger partial charge in [0.25, 0.3) is 5.56 Å². The number of nitrogens with one attached hydrogen (secondary N) is 1. The van der Waals surface area contributed by atoms with Gasteiger partial charge in [0.1, 0.15) is 0 Å². The third-order valence-corrected chi connectivity index (χ3v) is 2.26. The van der Waals surface area contributed by atoms with E-state index in [1.807, 2.05) is 6.92 Å². The first-order valence-electron chi connectivity index (χ1n) is 3.83. The molecule has 0 fully saturated rings. The highest BCUT2D eigenvalue weighted by Gasteiger charge is 2.05. The summed E-state index contributed by atoms with van der Waals surface area (Å²) in [6, 6.07) is 5.23. The van der Waals surface area contributed by atoms with E-state index in [1.165, 1.54) is 0 Å². The molecule has 0 aliphatic rings. The van der Waals surface area contributed by atoms with Crippen LogP contribution in [0.25, 0.3) is 10.8 Å². The molecule has 3 nitrogen and oxygen atoms in total. The molecule has 66 valence electrons. The fraction of sp³-hybridized carbons (Fsp3) is 0.111. The van der Waals surface area contributed by atoms with E-state index >= 15 is 0 Å². The van der Waals surface area contributed by atoms with Crippen LogP contribution in [0.3, 0.4) is 0 Å². The van der Waals surface area contributed by atoms with Gasteiger partial charge in [-0.1, -0.05) is 17.7 Å². The van der Waals surface area contributed by atoms with Crippen LogP contribution in [-0.4, -0.2) is 10.2 Å². The zero-order valence-electron chi connectivity index (χ0n) is 6.97. The number of benzene rings is 1. The number of hydrogen-bond donors (Lipinski definition) is 1. The number of H-pyrrole nitrogens is 1. The van der Waals surface area contributed by atoms with E-state index in [0.717, 1.165) is 11.1 Å². The molecule has 0 radical (unpaired) electrons. The van der Waals surface area contributed by atoms with Crippen molar-refractivity contribution in [1.82, 2.24) is 10.2 Å². The first kappa shape index (κ1) is 8.26. The van der Waals surface area contributed by atoms with Crippen molar-refractivity contribution in [3.63, 3.8) is 0 Å². The Hall–Kier alpha value is -1.35. The summed E-state index contributed by atoms with van der Waals surface area (Å²) in [5.74, 6) is 0. The van der Waals surface area contributed by atoms with Gasteiger partial charge in [0, 0.05) is 5.39 Å². The van der Waals surface area contributed by atoms with E-state index in [4.69, 9.17) is 11.6 Å². The molecule has 0 bridgehead atoms. The van der Waals surface area contributed by atoms with Gasteiger partial charge in [-0.3, -0.25) is 4.79 Å². The smallest absolute Gasteiger partial charge is 0.267 e. The molecular formula is C9H7ClN2O. The molecular weight excluding hydrogens is 188 g/mol. The van der Waals surface area contributed by atoms with E-state index in [-0.39, 0.29) is 5.56 Å². The van der Waals surface area contributed by atoms with Crippen LogP contribution < -0.4 is 5.56 Å². The molecule has 1 heterocycles. The second-order valence-corrected chi connectivity index (χ2v) is 3.21. The molecule has 4 heteroatoms. The number of rotatable bonds is 0. The molecule has 0 saturated heterocycles. The van der Waals surface area contributed by atoms with Crippen molar-refractivity contribution in [3.05, 3.63) is 39.3 Å². The zero-order chi connectivity index (χ0) is 9.42. The van der Waals surface area contributed by atoms with E-state index in [9.17, 15) is 4.79 Å². The maximum atomic E-state index is 11.3. The third kappa shape index (κ3) is 1.21. The summed E-state index contributed by atoms with van der Waals surface area (Å²) in [5, 5.41) is 8.13. The number of fused-ring (bicyclic) bond motifs is 1. The Kier molecular flexibility index (Phi) is 1.81. The van der Waals surface area contributed by atoms with Crippen molar-refractivity contribution >= 4 is 22.4 Å². The minimum atomic E-state index is -0.205. The largest absolute Gasteiger partial charge is 0.272 e. The maximum Gasteiger partial charge on any atom is 0.272 e. The highest BCUT2D eigenvalue weighted by Crippen LogP contribution is 2.21. The predicted octanol–water partition coefficient (Wildman–Crippen LogP) is 1.88. The van der Waals surface area contributed by atoms with Crippen molar-refractivity contribution < 1.29 is 0 Å². The van der Waals surface area contributed by atoms with Crippen LogP contribution in [0.15, 0.2) is 23.0 Å². The van der Waals surface area contributed by atoms with Crippen molar-refractivity contribution in [1.29, 1.82) is 0 Å². The Bertz CT molecular complexity index is 510. The Morgan fingerprint density at radius 1 is 1.46 bits per heavy atom. The quantitative estimate of drug-likeness (QED) is 0.696. The lowest BCUT2D eigenvalue weighted by atomic mass is 10.1. The van der Waals surface area contributed by atoms with Crippen molar-refractivity contribution in [2.75, 3.05) is 0 Å². The number of aromatic amines is 1. The lowest BCUT2D eigenvalue weighted by Gasteiger charge is -2.00. The summed E-state index contributed by atoms with van der Waals surface area (Å²) >= 11 is 5.94. The minimum Gasteiger partial charge on any atom is -0.267 e. The van der Waals surface area contributed by atoms with Crippen LogP contribution in [0.1, 0.15) is 5.69 Å². The van der Waals surface area contributed by atoms with Crippen LogP contribution >= 0.6 is 11.6 Å². The molecule has 0 atom stereocenters. The normalized spacial score (nSPS) is 10.6. The van der Waals surface area contributed by atoms with Crippen LogP contribution in [0.4, 0.5) is 0 Å². The molecule has 1 N–H and O–H groups in total. The molecule has 0 aliphatic heterocycles. The number of aromatic nitrogens is 2. The summed E-state index contributed by atoms with van der Waals surface area (Å²) in [5.41, 5.74) is 0.531. The third-order valence-electron chi connectivity index (χ3n) is 1.95. The average Bonchev–Trinajstić information content (AvgIpc) is 2.12. The van der Waals surface area contributed by atoms with E-state index < -0.39 is 0 Å². The highest BCUT2D eigenvalue weighted by molar-refractivity contribution is 6.35. The average molecular weight is 195 g/mol. The number of halogens is 1. The van der Waals surface area contributed by atoms with Gasteiger partial charge in [0.2, 0.25) is 0 Å². The predicted molar refractivity (Wildman–Crippen MR) is 52.1 cm³/mol. The molecule has 0 saturated carbocycles. The maximum absolute atomic E-state index is 11.3. The molecule has 0 aliphatic carbocycles. The van der Waals surface area contributed by atoms with E-state index in [1.54, 1.807) is 18.2 Å². The van der Waals surface area contributed by atoms with Gasteiger partial charge in [-0.2, -0.15) is 5.10 Å². The summed E-state index contributed by atoms with van der Waals surface area (Å²) in [7, 11) is 0. The molecule has 1 aromatic heterocycles. The standard InChI is InChI=1S/C9H7ClN2O/c1-5-8-6(9(13)12-11-5)3-2-4-7(8)10/h2-4H,1H3,(H,12,13). The first-order chi connectivity index (χ1) is 6.20. The molecule has 2 rings (SSSR count). The minimum absolute atomic E-state index is 0.205. The van der Waals surface area contributed by atoms with Gasteiger partial charge >= 0.3 is 0 Å². The second kappa shape index (κ2) is 2.85. The fourth-order valence-electron chi connectivity index (χ4n) is 1.33. The summed E-state index contributed by atoms with van der Waals surface area (Å²) in [4.78, 5) is 11.3. The molecule has 0 spiro atoms. The first-order valence-corrected chi connectivity index (χ1v) is 4.21. The second-order valence-electron chi connectivity index (χ2n) is 2.80. The Balaban J connectivity index is 3.09. The van der Waals surface area contributed by atoms with Crippen LogP contribution in [0, 0.1) is 6.92 Å². The summed E-state index contributed by atoms with van der Waals surface area (Å²) < 4.78 is 0. The highest BCUT2D eigenvalue weighted by atomic mass is 35.5. The lowest BCUT2D eigenvalue weighted by molar-refractivity contribution is 0.970. The SMILES string of the molecule is Cc1n[nH]c(=O)c2cccc(Cl)c12. The molecule has 2 aromatic rings. The Labute approximate surface area is 79.4 Å². The van der Waals surface area contributed by atoms with Crippen LogP contribution in [0.5, 0.6) is 0 Å². The Morgan fingerprint density at radius 3 is 2.92 bits per heavy atom. The van der Waals surface area contributed by atoms with Gasteiger partial charge in [-0.05, 0) is 19.1 Å². The number of nitrogens with zero attached hydrogens (tertiary/aromatic N) is 1. The topological polar surface area (TPSA) is 45.8 Å². The lowest BCUT2D eigenvalue weighted by Crippen LogP contribution is -2.09. The van der Waals surface area contributed by atoms with Crippen LogP contribution in [-0.2, 0) is 0 Å². The van der Waals surface area contributed by atoms with E-state index in [0.29, 0.717) is 10.4 Å². The van der Waals surface area contributed by atoms with Gasteiger partial charge in [0.15, 0.2) is 0 Å². The van der Waals surface area contributed by atoms with Crippen molar-refractivity contribution in [2.24, 2.45) is 0 Å². The number of hydrogen-bond acceptors (Lipinski definition) is 2. The van der Waals surface area contributed by atoms with Gasteiger partial charge < -0.3 is 0 Å². The zero-order valence-corrected chi connectivity index (χ0v) is 7.72.